The van der Waals surface area contributed by atoms with E-state index in [1.807, 2.05) is 30.3 Å². The van der Waals surface area contributed by atoms with Crippen molar-refractivity contribution in [2.45, 2.75) is 69.9 Å². The molecule has 1 unspecified atom stereocenters. The largest absolute Gasteiger partial charge is 0.368 e. The number of benzene rings is 1. The number of carbonyl (C=O) groups is 1. The van der Waals surface area contributed by atoms with Gasteiger partial charge in [-0.1, -0.05) is 69.4 Å². The first kappa shape index (κ1) is 16.0. The number of hydrogen-bond donors (Lipinski definition) is 2. The first-order valence-corrected chi connectivity index (χ1v) is 8.32. The first-order valence-electron chi connectivity index (χ1n) is 8.32. The molecule has 3 nitrogen and oxygen atoms in total. The van der Waals surface area contributed by atoms with Crippen LogP contribution in [-0.4, -0.2) is 11.9 Å². The zero-order chi connectivity index (χ0) is 15.1. The lowest BCUT2D eigenvalue weighted by Gasteiger charge is -2.36. The summed E-state index contributed by atoms with van der Waals surface area (Å²) in [6.07, 6.45) is 9.07. The van der Waals surface area contributed by atoms with Gasteiger partial charge in [0.15, 0.2) is 0 Å². The SMILES string of the molecule is CCCC(NC1CCCCCC1)(C(N)=O)c1ccccc1. The van der Waals surface area contributed by atoms with Crippen LogP contribution in [0.3, 0.4) is 0 Å². The summed E-state index contributed by atoms with van der Waals surface area (Å²) in [5.74, 6) is -0.250. The average Bonchev–Trinajstić information content (AvgIpc) is 2.76. The molecule has 1 aromatic carbocycles. The molecule has 1 saturated carbocycles. The van der Waals surface area contributed by atoms with E-state index >= 15 is 0 Å². The van der Waals surface area contributed by atoms with Gasteiger partial charge in [-0.05, 0) is 24.8 Å². The van der Waals surface area contributed by atoms with Crippen LogP contribution in [0.25, 0.3) is 0 Å². The van der Waals surface area contributed by atoms with E-state index in [1.165, 1.54) is 25.7 Å². The number of nitrogens with two attached hydrogens (primary N) is 1. The molecule has 1 atom stereocenters. The van der Waals surface area contributed by atoms with Gasteiger partial charge in [0.2, 0.25) is 5.91 Å². The Balaban J connectivity index is 2.28. The van der Waals surface area contributed by atoms with E-state index < -0.39 is 5.54 Å². The van der Waals surface area contributed by atoms with Crippen LogP contribution in [0.15, 0.2) is 30.3 Å². The Bertz CT molecular complexity index is 438. The quantitative estimate of drug-likeness (QED) is 0.787. The second kappa shape index (κ2) is 7.60. The fraction of sp³-hybridized carbons (Fsp3) is 0.611. The minimum Gasteiger partial charge on any atom is -0.368 e. The maximum atomic E-state index is 12.3. The molecular weight excluding hydrogens is 260 g/mol. The lowest BCUT2D eigenvalue weighted by Crippen LogP contribution is -2.56. The summed E-state index contributed by atoms with van der Waals surface area (Å²) in [4.78, 5) is 12.3. The van der Waals surface area contributed by atoms with E-state index in [1.54, 1.807) is 0 Å². The Morgan fingerprint density at radius 3 is 2.33 bits per heavy atom. The molecule has 1 fully saturated rings. The summed E-state index contributed by atoms with van der Waals surface area (Å²) in [5.41, 5.74) is 6.13. The lowest BCUT2D eigenvalue weighted by molar-refractivity contribution is -0.125. The van der Waals surface area contributed by atoms with Gasteiger partial charge in [-0.15, -0.1) is 0 Å². The molecule has 1 aromatic rings. The highest BCUT2D eigenvalue weighted by molar-refractivity contribution is 5.86. The number of hydrogen-bond acceptors (Lipinski definition) is 2. The zero-order valence-electron chi connectivity index (χ0n) is 13.1. The van der Waals surface area contributed by atoms with E-state index in [-0.39, 0.29) is 5.91 Å². The van der Waals surface area contributed by atoms with Crippen molar-refractivity contribution in [3.8, 4) is 0 Å². The van der Waals surface area contributed by atoms with Gasteiger partial charge in [0, 0.05) is 6.04 Å². The smallest absolute Gasteiger partial charge is 0.242 e. The molecule has 0 bridgehead atoms. The molecule has 0 aliphatic heterocycles. The maximum absolute atomic E-state index is 12.3. The molecule has 0 radical (unpaired) electrons. The molecule has 1 amide bonds. The number of primary amides is 1. The summed E-state index contributed by atoms with van der Waals surface area (Å²) in [6, 6.07) is 10.4. The Morgan fingerprint density at radius 2 is 1.81 bits per heavy atom. The number of carbonyl (C=O) groups excluding carboxylic acids is 1. The van der Waals surface area contributed by atoms with Crippen molar-refractivity contribution in [1.82, 2.24) is 5.32 Å². The zero-order valence-corrected chi connectivity index (χ0v) is 13.1. The number of nitrogens with one attached hydrogen (secondary N) is 1. The summed E-state index contributed by atoms with van der Waals surface area (Å²) < 4.78 is 0. The van der Waals surface area contributed by atoms with Crippen LogP contribution in [-0.2, 0) is 10.3 Å². The van der Waals surface area contributed by atoms with Gasteiger partial charge in [0.25, 0.3) is 0 Å². The average molecular weight is 288 g/mol. The molecule has 116 valence electrons. The van der Waals surface area contributed by atoms with Gasteiger partial charge in [0.1, 0.15) is 5.54 Å². The Labute approximate surface area is 128 Å². The van der Waals surface area contributed by atoms with Gasteiger partial charge in [-0.2, -0.15) is 0 Å². The molecule has 0 heterocycles. The van der Waals surface area contributed by atoms with Crippen molar-refractivity contribution >= 4 is 5.91 Å². The standard InChI is InChI=1S/C18H28N2O/c1-2-14-18(17(19)21,15-10-6-5-7-11-15)20-16-12-8-3-4-9-13-16/h5-7,10-11,16,20H,2-4,8-9,12-14H2,1H3,(H2,19,21). The van der Waals surface area contributed by atoms with E-state index in [0.717, 1.165) is 31.2 Å². The second-order valence-corrected chi connectivity index (χ2v) is 6.22. The predicted octanol–water partition coefficient (Wildman–Crippen LogP) is 3.48. The van der Waals surface area contributed by atoms with Crippen LogP contribution in [0.5, 0.6) is 0 Å². The van der Waals surface area contributed by atoms with Crippen molar-refractivity contribution in [2.75, 3.05) is 0 Å². The fourth-order valence-corrected chi connectivity index (χ4v) is 3.51. The van der Waals surface area contributed by atoms with Gasteiger partial charge >= 0.3 is 0 Å². The van der Waals surface area contributed by atoms with Crippen LogP contribution in [0.4, 0.5) is 0 Å². The fourth-order valence-electron chi connectivity index (χ4n) is 3.51. The monoisotopic (exact) mass is 288 g/mol. The van der Waals surface area contributed by atoms with Crippen molar-refractivity contribution in [3.63, 3.8) is 0 Å². The minimum atomic E-state index is -0.717. The molecular formula is C18H28N2O. The Morgan fingerprint density at radius 1 is 1.19 bits per heavy atom. The third-order valence-electron chi connectivity index (χ3n) is 4.62. The topological polar surface area (TPSA) is 55.1 Å². The highest BCUT2D eigenvalue weighted by Gasteiger charge is 2.39. The summed E-state index contributed by atoms with van der Waals surface area (Å²) in [7, 11) is 0. The van der Waals surface area contributed by atoms with Gasteiger partial charge in [-0.3, -0.25) is 10.1 Å². The molecule has 2 rings (SSSR count). The van der Waals surface area contributed by atoms with Crippen LogP contribution < -0.4 is 11.1 Å². The van der Waals surface area contributed by atoms with E-state index in [0.29, 0.717) is 6.04 Å². The van der Waals surface area contributed by atoms with Crippen LogP contribution in [0.1, 0.15) is 63.9 Å². The van der Waals surface area contributed by atoms with Crippen LogP contribution in [0.2, 0.25) is 0 Å². The molecule has 1 aliphatic rings. The molecule has 0 aromatic heterocycles. The third-order valence-corrected chi connectivity index (χ3v) is 4.62. The van der Waals surface area contributed by atoms with E-state index in [4.69, 9.17) is 5.73 Å². The van der Waals surface area contributed by atoms with Crippen molar-refractivity contribution in [3.05, 3.63) is 35.9 Å². The first-order chi connectivity index (χ1) is 10.2. The summed E-state index contributed by atoms with van der Waals surface area (Å²) in [5, 5.41) is 3.65. The highest BCUT2D eigenvalue weighted by atomic mass is 16.1. The van der Waals surface area contributed by atoms with Crippen molar-refractivity contribution < 1.29 is 4.79 Å². The Hall–Kier alpha value is -1.35. The molecule has 3 N–H and O–H groups in total. The van der Waals surface area contributed by atoms with Gasteiger partial charge < -0.3 is 5.73 Å². The van der Waals surface area contributed by atoms with E-state index in [9.17, 15) is 4.79 Å². The molecule has 0 spiro atoms. The number of rotatable bonds is 6. The molecule has 3 heteroatoms. The van der Waals surface area contributed by atoms with Crippen molar-refractivity contribution in [1.29, 1.82) is 0 Å². The summed E-state index contributed by atoms with van der Waals surface area (Å²) in [6.45, 7) is 2.11. The molecule has 1 aliphatic carbocycles. The molecule has 0 saturated heterocycles. The number of amides is 1. The third kappa shape index (κ3) is 3.85. The summed E-state index contributed by atoms with van der Waals surface area (Å²) >= 11 is 0. The van der Waals surface area contributed by atoms with Crippen LogP contribution >= 0.6 is 0 Å². The Kier molecular flexibility index (Phi) is 5.80. The van der Waals surface area contributed by atoms with Crippen LogP contribution in [0, 0.1) is 0 Å². The molecule has 21 heavy (non-hydrogen) atoms. The normalized spacial score (nSPS) is 19.7. The second-order valence-electron chi connectivity index (χ2n) is 6.22. The highest BCUT2D eigenvalue weighted by Crippen LogP contribution is 2.29. The predicted molar refractivity (Wildman–Crippen MR) is 86.8 cm³/mol. The lowest BCUT2D eigenvalue weighted by atomic mass is 9.83. The minimum absolute atomic E-state index is 0.250. The van der Waals surface area contributed by atoms with Gasteiger partial charge in [-0.25, -0.2) is 0 Å². The van der Waals surface area contributed by atoms with Crippen molar-refractivity contribution in [2.24, 2.45) is 5.73 Å². The van der Waals surface area contributed by atoms with E-state index in [2.05, 4.69) is 12.2 Å². The van der Waals surface area contributed by atoms with Gasteiger partial charge in [0.05, 0.1) is 0 Å². The maximum Gasteiger partial charge on any atom is 0.242 e.